The minimum Gasteiger partial charge on any atom is -0.374 e. The van der Waals surface area contributed by atoms with Gasteiger partial charge in [-0.25, -0.2) is 0 Å². The van der Waals surface area contributed by atoms with E-state index in [4.69, 9.17) is 4.74 Å². The highest BCUT2D eigenvalue weighted by Gasteiger charge is 2.33. The van der Waals surface area contributed by atoms with Crippen molar-refractivity contribution in [2.24, 2.45) is 0 Å². The van der Waals surface area contributed by atoms with Crippen LogP contribution in [0.4, 0.5) is 0 Å². The van der Waals surface area contributed by atoms with Crippen LogP contribution in [0.25, 0.3) is 0 Å². The number of rotatable bonds is 4. The van der Waals surface area contributed by atoms with Crippen molar-refractivity contribution < 1.29 is 8.95 Å². The van der Waals surface area contributed by atoms with Gasteiger partial charge in [0.25, 0.3) is 0 Å². The maximum atomic E-state index is 10.9. The van der Waals surface area contributed by atoms with Gasteiger partial charge in [-0.1, -0.05) is 15.9 Å². The first kappa shape index (κ1) is 10.7. The number of hydrogen-bond acceptors (Lipinski definition) is 2. The Morgan fingerprint density at radius 2 is 2.42 bits per heavy atom. The molecule has 0 spiro atoms. The predicted octanol–water partition coefficient (Wildman–Crippen LogP) is 1.70. The Labute approximate surface area is 84.6 Å². The van der Waals surface area contributed by atoms with E-state index in [2.05, 4.69) is 15.9 Å². The van der Waals surface area contributed by atoms with E-state index in [1.807, 2.05) is 0 Å². The highest BCUT2D eigenvalue weighted by molar-refractivity contribution is 9.09. The molecule has 4 heteroatoms. The number of halogens is 1. The molecule has 1 fully saturated rings. The zero-order valence-corrected chi connectivity index (χ0v) is 9.75. The summed E-state index contributed by atoms with van der Waals surface area (Å²) in [6.45, 7) is 0.863. The van der Waals surface area contributed by atoms with Crippen LogP contribution in [0, 0.1) is 0 Å². The van der Waals surface area contributed by atoms with Crippen molar-refractivity contribution in [3.8, 4) is 0 Å². The molecular formula is C8H15BrO2S. The van der Waals surface area contributed by atoms with Gasteiger partial charge in [0.1, 0.15) is 0 Å². The molecule has 0 aromatic heterocycles. The molecule has 72 valence electrons. The van der Waals surface area contributed by atoms with E-state index < -0.39 is 10.8 Å². The molecule has 2 nitrogen and oxygen atoms in total. The summed E-state index contributed by atoms with van der Waals surface area (Å²) in [5.74, 6) is 0.756. The molecule has 2 atom stereocenters. The Morgan fingerprint density at radius 3 is 2.83 bits per heavy atom. The van der Waals surface area contributed by atoms with Crippen LogP contribution in [0.2, 0.25) is 0 Å². The van der Waals surface area contributed by atoms with Crippen molar-refractivity contribution in [2.45, 2.75) is 24.9 Å². The van der Waals surface area contributed by atoms with Crippen LogP contribution >= 0.6 is 15.9 Å². The fourth-order valence-corrected chi connectivity index (χ4v) is 2.84. The van der Waals surface area contributed by atoms with Crippen molar-refractivity contribution in [3.05, 3.63) is 0 Å². The molecule has 0 N–H and O–H groups in total. The van der Waals surface area contributed by atoms with Crippen LogP contribution in [0.15, 0.2) is 0 Å². The average molecular weight is 255 g/mol. The highest BCUT2D eigenvalue weighted by Crippen LogP contribution is 2.30. The van der Waals surface area contributed by atoms with Crippen LogP contribution in [0.1, 0.15) is 19.3 Å². The van der Waals surface area contributed by atoms with Crippen molar-refractivity contribution in [2.75, 3.05) is 23.9 Å². The molecule has 0 saturated carbocycles. The summed E-state index contributed by atoms with van der Waals surface area (Å²) in [5, 5.41) is 0.872. The first-order chi connectivity index (χ1) is 5.68. The smallest absolute Gasteiger partial charge is 0.0788 e. The van der Waals surface area contributed by atoms with E-state index in [1.165, 1.54) is 0 Å². The molecule has 0 amide bonds. The lowest BCUT2D eigenvalue weighted by Gasteiger charge is -2.25. The Balaban J connectivity index is 2.39. The first-order valence-corrected chi connectivity index (χ1v) is 7.03. The Morgan fingerprint density at radius 1 is 1.67 bits per heavy atom. The average Bonchev–Trinajstić information content (AvgIpc) is 2.50. The van der Waals surface area contributed by atoms with E-state index in [-0.39, 0.29) is 5.60 Å². The van der Waals surface area contributed by atoms with E-state index in [9.17, 15) is 4.21 Å². The lowest BCUT2D eigenvalue weighted by molar-refractivity contribution is 0.0233. The van der Waals surface area contributed by atoms with Gasteiger partial charge >= 0.3 is 0 Å². The molecule has 1 saturated heterocycles. The summed E-state index contributed by atoms with van der Waals surface area (Å²) in [4.78, 5) is 0. The third kappa shape index (κ3) is 2.82. The Bertz CT molecular complexity index is 166. The van der Waals surface area contributed by atoms with E-state index in [1.54, 1.807) is 6.26 Å². The standard InChI is InChI=1S/C8H15BrO2S/c1-12(10)6-4-8(7-9)3-2-5-11-8/h2-7H2,1H3. The van der Waals surface area contributed by atoms with Gasteiger partial charge in [0.05, 0.1) is 5.60 Å². The van der Waals surface area contributed by atoms with E-state index in [0.29, 0.717) is 0 Å². The van der Waals surface area contributed by atoms with Gasteiger partial charge in [-0.15, -0.1) is 0 Å². The van der Waals surface area contributed by atoms with Crippen LogP contribution < -0.4 is 0 Å². The quantitative estimate of drug-likeness (QED) is 0.715. The maximum absolute atomic E-state index is 10.9. The molecule has 1 aliphatic heterocycles. The second-order valence-corrected chi connectivity index (χ2v) is 5.41. The van der Waals surface area contributed by atoms with Gasteiger partial charge < -0.3 is 4.74 Å². The molecule has 1 aliphatic rings. The van der Waals surface area contributed by atoms with Crippen LogP contribution in [0.3, 0.4) is 0 Å². The van der Waals surface area contributed by atoms with Crippen molar-refractivity contribution in [3.63, 3.8) is 0 Å². The number of hydrogen-bond donors (Lipinski definition) is 0. The van der Waals surface area contributed by atoms with Gasteiger partial charge in [0.2, 0.25) is 0 Å². The van der Waals surface area contributed by atoms with Crippen molar-refractivity contribution in [1.82, 2.24) is 0 Å². The minimum atomic E-state index is -0.690. The second kappa shape index (κ2) is 4.72. The summed E-state index contributed by atoms with van der Waals surface area (Å²) in [5.41, 5.74) is -0.00826. The summed E-state index contributed by atoms with van der Waals surface area (Å²) in [6, 6.07) is 0. The molecule has 12 heavy (non-hydrogen) atoms. The molecule has 0 aromatic carbocycles. The van der Waals surface area contributed by atoms with Crippen molar-refractivity contribution in [1.29, 1.82) is 0 Å². The number of alkyl halides is 1. The summed E-state index contributed by atoms with van der Waals surface area (Å²) in [6.07, 6.45) is 4.91. The van der Waals surface area contributed by atoms with Gasteiger partial charge in [-0.3, -0.25) is 4.21 Å². The van der Waals surface area contributed by atoms with Crippen molar-refractivity contribution >= 4 is 26.7 Å². The van der Waals surface area contributed by atoms with E-state index in [0.717, 1.165) is 37.0 Å². The minimum absolute atomic E-state index is 0.00826. The van der Waals surface area contributed by atoms with E-state index >= 15 is 0 Å². The number of ether oxygens (including phenoxy) is 1. The lowest BCUT2D eigenvalue weighted by Crippen LogP contribution is -2.31. The fourth-order valence-electron chi connectivity index (χ4n) is 1.45. The third-order valence-corrected chi connectivity index (χ3v) is 4.07. The van der Waals surface area contributed by atoms with Crippen LogP contribution in [-0.4, -0.2) is 33.8 Å². The zero-order valence-electron chi connectivity index (χ0n) is 7.35. The largest absolute Gasteiger partial charge is 0.374 e. The third-order valence-electron chi connectivity index (χ3n) is 2.27. The zero-order chi connectivity index (χ0) is 9.03. The first-order valence-electron chi connectivity index (χ1n) is 4.18. The van der Waals surface area contributed by atoms with Crippen LogP contribution in [-0.2, 0) is 15.5 Å². The molecular weight excluding hydrogens is 240 g/mol. The summed E-state index contributed by atoms with van der Waals surface area (Å²) in [7, 11) is -0.690. The topological polar surface area (TPSA) is 26.3 Å². The van der Waals surface area contributed by atoms with Gasteiger partial charge in [-0.05, 0) is 19.3 Å². The van der Waals surface area contributed by atoms with Crippen LogP contribution in [0.5, 0.6) is 0 Å². The molecule has 0 aliphatic carbocycles. The SMILES string of the molecule is CS(=O)CCC1(CBr)CCCO1. The maximum Gasteiger partial charge on any atom is 0.0788 e. The van der Waals surface area contributed by atoms with Gasteiger partial charge in [0, 0.05) is 34.7 Å². The molecule has 2 unspecified atom stereocenters. The predicted molar refractivity (Wildman–Crippen MR) is 55.3 cm³/mol. The summed E-state index contributed by atoms with van der Waals surface area (Å²) < 4.78 is 16.6. The highest BCUT2D eigenvalue weighted by atomic mass is 79.9. The Kier molecular flexibility index (Phi) is 4.20. The molecule has 1 rings (SSSR count). The monoisotopic (exact) mass is 254 g/mol. The fraction of sp³-hybridized carbons (Fsp3) is 1.00. The molecule has 0 radical (unpaired) electrons. The second-order valence-electron chi connectivity index (χ2n) is 3.30. The molecule has 1 heterocycles. The molecule has 0 aromatic rings. The summed E-state index contributed by atoms with van der Waals surface area (Å²) >= 11 is 3.46. The Hall–Kier alpha value is 0.590. The van der Waals surface area contributed by atoms with Gasteiger partial charge in [-0.2, -0.15) is 0 Å². The van der Waals surface area contributed by atoms with Gasteiger partial charge in [0.15, 0.2) is 0 Å². The lowest BCUT2D eigenvalue weighted by atomic mass is 10.00. The molecule has 0 bridgehead atoms. The normalized spacial score (nSPS) is 32.2.